The first kappa shape index (κ1) is 16.0. The van der Waals surface area contributed by atoms with Crippen molar-refractivity contribution in [1.82, 2.24) is 14.8 Å². The second kappa shape index (κ2) is 6.68. The number of hydrogen-bond donors (Lipinski definition) is 1. The highest BCUT2D eigenvalue weighted by atomic mass is 32.1. The number of aromatic nitrogens is 1. The molecule has 5 nitrogen and oxygen atoms in total. The number of nitrogen functional groups attached to an aromatic ring is 1. The molecule has 1 aliphatic heterocycles. The van der Waals surface area contributed by atoms with E-state index in [4.69, 9.17) is 5.73 Å². The molecule has 0 bridgehead atoms. The summed E-state index contributed by atoms with van der Waals surface area (Å²) < 4.78 is 0. The average molecular weight is 330 g/mol. The van der Waals surface area contributed by atoms with Gasteiger partial charge >= 0.3 is 0 Å². The van der Waals surface area contributed by atoms with Crippen molar-refractivity contribution in [2.45, 2.75) is 20.4 Å². The molecular weight excluding hydrogens is 308 g/mol. The predicted octanol–water partition coefficient (Wildman–Crippen LogP) is 2.30. The number of aryl methyl sites for hydroxylation is 2. The van der Waals surface area contributed by atoms with Gasteiger partial charge in [0.25, 0.3) is 5.91 Å². The predicted molar refractivity (Wildman–Crippen MR) is 93.6 cm³/mol. The Labute approximate surface area is 140 Å². The van der Waals surface area contributed by atoms with Crippen molar-refractivity contribution in [2.24, 2.45) is 0 Å². The second-order valence-electron chi connectivity index (χ2n) is 5.99. The van der Waals surface area contributed by atoms with Gasteiger partial charge in [-0.25, -0.2) is 4.98 Å². The molecule has 0 saturated carbocycles. The molecule has 1 aliphatic rings. The van der Waals surface area contributed by atoms with Gasteiger partial charge in [0.2, 0.25) is 0 Å². The fraction of sp³-hybridized carbons (Fsp3) is 0.412. The average Bonchev–Trinajstić information content (AvgIpc) is 2.95. The van der Waals surface area contributed by atoms with E-state index in [1.54, 1.807) is 17.4 Å². The van der Waals surface area contributed by atoms with Gasteiger partial charge in [-0.2, -0.15) is 0 Å². The fourth-order valence-corrected chi connectivity index (χ4v) is 3.69. The van der Waals surface area contributed by atoms with E-state index in [2.05, 4.69) is 9.88 Å². The van der Waals surface area contributed by atoms with Crippen LogP contribution < -0.4 is 5.73 Å². The molecule has 2 heterocycles. The van der Waals surface area contributed by atoms with Crippen LogP contribution in [0.15, 0.2) is 24.4 Å². The van der Waals surface area contributed by atoms with Gasteiger partial charge in [-0.1, -0.05) is 6.07 Å². The number of nitrogens with two attached hydrogens (primary N) is 1. The fourth-order valence-electron chi connectivity index (χ4n) is 2.85. The van der Waals surface area contributed by atoms with Crippen LogP contribution in [0, 0.1) is 13.8 Å². The molecule has 0 spiro atoms. The Morgan fingerprint density at radius 3 is 2.65 bits per heavy atom. The number of carbonyl (C=O) groups is 1. The van der Waals surface area contributed by atoms with Gasteiger partial charge in [-0.3, -0.25) is 9.69 Å². The molecule has 122 valence electrons. The second-order valence-corrected chi connectivity index (χ2v) is 7.31. The van der Waals surface area contributed by atoms with Crippen LogP contribution in [0.3, 0.4) is 0 Å². The number of nitrogens with zero attached hydrogens (tertiary/aromatic N) is 3. The lowest BCUT2D eigenvalue weighted by Crippen LogP contribution is -2.48. The van der Waals surface area contributed by atoms with Crippen LogP contribution in [0.5, 0.6) is 0 Å². The van der Waals surface area contributed by atoms with Crippen molar-refractivity contribution in [3.63, 3.8) is 0 Å². The van der Waals surface area contributed by atoms with Crippen LogP contribution in [0.2, 0.25) is 0 Å². The molecule has 1 saturated heterocycles. The zero-order valence-corrected chi connectivity index (χ0v) is 14.4. The minimum absolute atomic E-state index is 0.0862. The molecule has 1 fully saturated rings. The number of amides is 1. The van der Waals surface area contributed by atoms with E-state index in [0.29, 0.717) is 5.69 Å². The number of hydrogen-bond acceptors (Lipinski definition) is 5. The highest BCUT2D eigenvalue weighted by molar-refractivity contribution is 7.11. The summed E-state index contributed by atoms with van der Waals surface area (Å²) >= 11 is 1.74. The maximum absolute atomic E-state index is 12.7. The van der Waals surface area contributed by atoms with Crippen molar-refractivity contribution in [1.29, 1.82) is 0 Å². The van der Waals surface area contributed by atoms with Crippen LogP contribution in [-0.4, -0.2) is 46.9 Å². The molecule has 0 aliphatic carbocycles. The third kappa shape index (κ3) is 3.71. The third-order valence-electron chi connectivity index (χ3n) is 4.20. The van der Waals surface area contributed by atoms with Crippen molar-refractivity contribution >= 4 is 22.9 Å². The van der Waals surface area contributed by atoms with Gasteiger partial charge in [0.1, 0.15) is 0 Å². The summed E-state index contributed by atoms with van der Waals surface area (Å²) in [5.41, 5.74) is 8.16. The molecule has 1 amide bonds. The lowest BCUT2D eigenvalue weighted by molar-refractivity contribution is 0.0629. The summed E-state index contributed by atoms with van der Waals surface area (Å²) in [6.07, 6.45) is 1.95. The van der Waals surface area contributed by atoms with E-state index in [0.717, 1.165) is 48.9 Å². The first-order valence-corrected chi connectivity index (χ1v) is 8.63. The first-order chi connectivity index (χ1) is 11.0. The van der Waals surface area contributed by atoms with Crippen LogP contribution in [0.1, 0.15) is 25.8 Å². The SMILES string of the molecule is Cc1ncc(CN2CCN(C(=O)c3cc(N)ccc3C)CC2)s1. The molecule has 23 heavy (non-hydrogen) atoms. The Morgan fingerprint density at radius 2 is 2.00 bits per heavy atom. The van der Waals surface area contributed by atoms with Crippen molar-refractivity contribution in [3.05, 3.63) is 45.4 Å². The van der Waals surface area contributed by atoms with Crippen molar-refractivity contribution in [3.8, 4) is 0 Å². The summed E-state index contributed by atoms with van der Waals surface area (Å²) in [6.45, 7) is 8.20. The van der Waals surface area contributed by atoms with E-state index in [1.165, 1.54) is 4.88 Å². The van der Waals surface area contributed by atoms with E-state index in [-0.39, 0.29) is 5.91 Å². The molecule has 0 unspecified atom stereocenters. The van der Waals surface area contributed by atoms with Crippen LogP contribution in [-0.2, 0) is 6.54 Å². The topological polar surface area (TPSA) is 62.5 Å². The molecule has 1 aromatic heterocycles. The maximum atomic E-state index is 12.7. The molecule has 2 aromatic rings. The van der Waals surface area contributed by atoms with E-state index >= 15 is 0 Å². The van der Waals surface area contributed by atoms with Gasteiger partial charge in [-0.15, -0.1) is 11.3 Å². The smallest absolute Gasteiger partial charge is 0.254 e. The Bertz CT molecular complexity index is 704. The number of thiazole rings is 1. The first-order valence-electron chi connectivity index (χ1n) is 7.82. The van der Waals surface area contributed by atoms with Crippen molar-refractivity contribution < 1.29 is 4.79 Å². The van der Waals surface area contributed by atoms with Gasteiger partial charge < -0.3 is 10.6 Å². The number of piperazine rings is 1. The normalized spacial score (nSPS) is 15.8. The summed E-state index contributed by atoms with van der Waals surface area (Å²) in [6, 6.07) is 5.52. The van der Waals surface area contributed by atoms with Crippen LogP contribution in [0.4, 0.5) is 5.69 Å². The highest BCUT2D eigenvalue weighted by Gasteiger charge is 2.23. The summed E-state index contributed by atoms with van der Waals surface area (Å²) in [4.78, 5) is 22.6. The molecule has 3 rings (SSSR count). The molecule has 1 aromatic carbocycles. The molecular formula is C17H22N4OS. The number of anilines is 1. The summed E-state index contributed by atoms with van der Waals surface area (Å²) in [7, 11) is 0. The number of benzene rings is 1. The van der Waals surface area contributed by atoms with Crippen LogP contribution in [0.25, 0.3) is 0 Å². The van der Waals surface area contributed by atoms with Crippen molar-refractivity contribution in [2.75, 3.05) is 31.9 Å². The zero-order chi connectivity index (χ0) is 16.4. The Hall–Kier alpha value is -1.92. The van der Waals surface area contributed by atoms with E-state index < -0.39 is 0 Å². The molecule has 0 atom stereocenters. The Kier molecular flexibility index (Phi) is 4.63. The maximum Gasteiger partial charge on any atom is 0.254 e. The largest absolute Gasteiger partial charge is 0.399 e. The number of carbonyl (C=O) groups excluding carboxylic acids is 1. The summed E-state index contributed by atoms with van der Waals surface area (Å²) in [5, 5.41) is 1.10. The zero-order valence-electron chi connectivity index (χ0n) is 13.6. The number of rotatable bonds is 3. The molecule has 0 radical (unpaired) electrons. The quantitative estimate of drug-likeness (QED) is 0.877. The van der Waals surface area contributed by atoms with E-state index in [1.807, 2.05) is 37.1 Å². The third-order valence-corrected chi connectivity index (χ3v) is 5.10. The van der Waals surface area contributed by atoms with Gasteiger partial charge in [0, 0.05) is 55.0 Å². The van der Waals surface area contributed by atoms with Gasteiger partial charge in [0.05, 0.1) is 5.01 Å². The Morgan fingerprint density at radius 1 is 1.26 bits per heavy atom. The minimum Gasteiger partial charge on any atom is -0.399 e. The molecule has 2 N–H and O–H groups in total. The minimum atomic E-state index is 0.0862. The van der Waals surface area contributed by atoms with Crippen LogP contribution >= 0.6 is 11.3 Å². The monoisotopic (exact) mass is 330 g/mol. The highest BCUT2D eigenvalue weighted by Crippen LogP contribution is 2.18. The molecule has 6 heteroatoms. The summed E-state index contributed by atoms with van der Waals surface area (Å²) in [5.74, 6) is 0.0862. The lowest BCUT2D eigenvalue weighted by Gasteiger charge is -2.34. The van der Waals surface area contributed by atoms with E-state index in [9.17, 15) is 4.79 Å². The van der Waals surface area contributed by atoms with Gasteiger partial charge in [0.15, 0.2) is 0 Å². The standard InChI is InChI=1S/C17H22N4OS/c1-12-3-4-14(18)9-16(12)17(22)21-7-5-20(6-8-21)11-15-10-19-13(2)23-15/h3-4,9-10H,5-8,11,18H2,1-2H3. The Balaban J connectivity index is 1.60. The van der Waals surface area contributed by atoms with Gasteiger partial charge in [-0.05, 0) is 31.5 Å². The lowest BCUT2D eigenvalue weighted by atomic mass is 10.1.